The van der Waals surface area contributed by atoms with Crippen molar-refractivity contribution in [1.82, 2.24) is 0 Å². The van der Waals surface area contributed by atoms with Gasteiger partial charge >= 0.3 is 5.97 Å². The molecule has 0 aliphatic rings. The lowest BCUT2D eigenvalue weighted by Crippen LogP contribution is -2.35. The minimum Gasteiger partial charge on any atom is -0.478 e. The Morgan fingerprint density at radius 3 is 2.61 bits per heavy atom. The highest BCUT2D eigenvalue weighted by Crippen LogP contribution is 2.24. The van der Waals surface area contributed by atoms with Crippen molar-refractivity contribution >= 4 is 11.7 Å². The summed E-state index contributed by atoms with van der Waals surface area (Å²) in [5.41, 5.74) is 2.15. The Morgan fingerprint density at radius 1 is 1.44 bits per heavy atom. The summed E-state index contributed by atoms with van der Waals surface area (Å²) in [5.74, 6) is -0.895. The second kappa shape index (κ2) is 6.40. The first-order valence-corrected chi connectivity index (χ1v) is 6.07. The number of aryl methyl sites for hydroxylation is 1. The number of benzene rings is 1. The Hall–Kier alpha value is -1.55. The molecule has 1 N–H and O–H groups in total. The van der Waals surface area contributed by atoms with Crippen LogP contribution in [0.2, 0.25) is 0 Å². The quantitative estimate of drug-likeness (QED) is 0.844. The smallest absolute Gasteiger partial charge is 0.337 e. The molecular formula is C14H21NO3. The third-order valence-electron chi connectivity index (χ3n) is 2.85. The van der Waals surface area contributed by atoms with E-state index in [1.54, 1.807) is 13.2 Å². The molecule has 0 saturated heterocycles. The Kier molecular flexibility index (Phi) is 5.16. The van der Waals surface area contributed by atoms with Crippen LogP contribution in [0, 0.1) is 6.92 Å². The maximum absolute atomic E-state index is 11.3. The second-order valence-corrected chi connectivity index (χ2v) is 4.61. The van der Waals surface area contributed by atoms with E-state index < -0.39 is 5.97 Å². The van der Waals surface area contributed by atoms with Gasteiger partial charge in [0.05, 0.1) is 17.9 Å². The summed E-state index contributed by atoms with van der Waals surface area (Å²) >= 11 is 0. The predicted octanol–water partition coefficient (Wildman–Crippen LogP) is 2.55. The van der Waals surface area contributed by atoms with Gasteiger partial charge in [-0.25, -0.2) is 4.79 Å². The largest absolute Gasteiger partial charge is 0.478 e. The zero-order valence-corrected chi connectivity index (χ0v) is 11.4. The third-order valence-corrected chi connectivity index (χ3v) is 2.85. The van der Waals surface area contributed by atoms with Crippen LogP contribution in [0.1, 0.15) is 29.8 Å². The molecule has 0 aromatic heterocycles. The highest BCUT2D eigenvalue weighted by atomic mass is 16.5. The first-order valence-electron chi connectivity index (χ1n) is 6.07. The van der Waals surface area contributed by atoms with Crippen molar-refractivity contribution in [3.8, 4) is 0 Å². The number of methoxy groups -OCH3 is 1. The van der Waals surface area contributed by atoms with Crippen molar-refractivity contribution in [1.29, 1.82) is 0 Å². The summed E-state index contributed by atoms with van der Waals surface area (Å²) in [5, 5.41) is 9.25. The van der Waals surface area contributed by atoms with Crippen LogP contribution in [0.25, 0.3) is 0 Å². The van der Waals surface area contributed by atoms with Gasteiger partial charge in [-0.15, -0.1) is 0 Å². The Morgan fingerprint density at radius 2 is 2.11 bits per heavy atom. The first kappa shape index (κ1) is 14.5. The second-order valence-electron chi connectivity index (χ2n) is 4.61. The fourth-order valence-electron chi connectivity index (χ4n) is 1.91. The zero-order valence-electron chi connectivity index (χ0n) is 11.4. The van der Waals surface area contributed by atoms with E-state index in [2.05, 4.69) is 4.90 Å². The standard InChI is InChI=1S/C14H21NO3/c1-10(2)15(7-8-18-4)13-9-11(3)5-6-12(13)14(16)17/h5-6,9-10H,7-8H2,1-4H3,(H,16,17). The lowest BCUT2D eigenvalue weighted by atomic mass is 10.1. The molecular weight excluding hydrogens is 230 g/mol. The minimum atomic E-state index is -0.895. The van der Waals surface area contributed by atoms with E-state index in [0.717, 1.165) is 11.3 Å². The Labute approximate surface area is 108 Å². The summed E-state index contributed by atoms with van der Waals surface area (Å²) in [6.45, 7) is 7.31. The molecule has 0 amide bonds. The molecule has 1 aromatic rings. The van der Waals surface area contributed by atoms with Crippen molar-refractivity contribution in [3.63, 3.8) is 0 Å². The van der Waals surface area contributed by atoms with Crippen molar-refractivity contribution < 1.29 is 14.6 Å². The van der Waals surface area contributed by atoms with Gasteiger partial charge < -0.3 is 14.7 Å². The molecule has 0 saturated carbocycles. The van der Waals surface area contributed by atoms with Gasteiger partial charge in [-0.1, -0.05) is 6.07 Å². The molecule has 4 nitrogen and oxygen atoms in total. The monoisotopic (exact) mass is 251 g/mol. The fraction of sp³-hybridized carbons (Fsp3) is 0.500. The van der Waals surface area contributed by atoms with Crippen LogP contribution in [0.4, 0.5) is 5.69 Å². The fourth-order valence-corrected chi connectivity index (χ4v) is 1.91. The van der Waals surface area contributed by atoms with Crippen LogP contribution in [0.5, 0.6) is 0 Å². The van der Waals surface area contributed by atoms with Gasteiger partial charge in [0.15, 0.2) is 0 Å². The van der Waals surface area contributed by atoms with Gasteiger partial charge in [-0.3, -0.25) is 0 Å². The van der Waals surface area contributed by atoms with Crippen LogP contribution < -0.4 is 4.90 Å². The number of rotatable bonds is 6. The average Bonchev–Trinajstić information content (AvgIpc) is 2.28. The highest BCUT2D eigenvalue weighted by molar-refractivity contribution is 5.94. The van der Waals surface area contributed by atoms with Crippen LogP contribution >= 0.6 is 0 Å². The summed E-state index contributed by atoms with van der Waals surface area (Å²) in [6.07, 6.45) is 0. The van der Waals surface area contributed by atoms with Gasteiger partial charge in [0.2, 0.25) is 0 Å². The van der Waals surface area contributed by atoms with Gasteiger partial charge in [0.25, 0.3) is 0 Å². The van der Waals surface area contributed by atoms with Crippen molar-refractivity contribution in [2.75, 3.05) is 25.2 Å². The topological polar surface area (TPSA) is 49.8 Å². The number of hydrogen-bond donors (Lipinski definition) is 1. The number of nitrogens with zero attached hydrogens (tertiary/aromatic N) is 1. The van der Waals surface area contributed by atoms with Crippen molar-refractivity contribution in [3.05, 3.63) is 29.3 Å². The number of carbonyl (C=O) groups is 1. The normalized spacial score (nSPS) is 10.7. The Bertz CT molecular complexity index is 416. The van der Waals surface area contributed by atoms with E-state index in [0.29, 0.717) is 18.7 Å². The summed E-state index contributed by atoms with van der Waals surface area (Å²) in [6, 6.07) is 5.62. The number of ether oxygens (including phenoxy) is 1. The van der Waals surface area contributed by atoms with Gasteiger partial charge in [-0.05, 0) is 38.5 Å². The maximum Gasteiger partial charge on any atom is 0.337 e. The molecule has 1 rings (SSSR count). The minimum absolute atomic E-state index is 0.222. The molecule has 0 bridgehead atoms. The molecule has 0 radical (unpaired) electrons. The van der Waals surface area contributed by atoms with Crippen molar-refractivity contribution in [2.45, 2.75) is 26.8 Å². The van der Waals surface area contributed by atoms with E-state index in [9.17, 15) is 9.90 Å². The van der Waals surface area contributed by atoms with E-state index in [-0.39, 0.29) is 6.04 Å². The number of aromatic carboxylic acids is 1. The van der Waals surface area contributed by atoms with E-state index in [4.69, 9.17) is 4.74 Å². The van der Waals surface area contributed by atoms with E-state index in [1.165, 1.54) is 0 Å². The predicted molar refractivity (Wildman–Crippen MR) is 72.5 cm³/mol. The summed E-state index contributed by atoms with van der Waals surface area (Å²) in [7, 11) is 1.65. The van der Waals surface area contributed by atoms with Crippen molar-refractivity contribution in [2.24, 2.45) is 0 Å². The Balaban J connectivity index is 3.16. The zero-order chi connectivity index (χ0) is 13.7. The average molecular weight is 251 g/mol. The SMILES string of the molecule is COCCN(c1cc(C)ccc1C(=O)O)C(C)C. The van der Waals surface area contributed by atoms with Crippen LogP contribution in [0.3, 0.4) is 0 Å². The number of anilines is 1. The van der Waals surface area contributed by atoms with Gasteiger partial charge in [0, 0.05) is 19.7 Å². The van der Waals surface area contributed by atoms with Crippen LogP contribution in [-0.2, 0) is 4.74 Å². The van der Waals surface area contributed by atoms with E-state index in [1.807, 2.05) is 32.9 Å². The molecule has 100 valence electrons. The number of carboxylic acids is 1. The molecule has 18 heavy (non-hydrogen) atoms. The molecule has 4 heteroatoms. The maximum atomic E-state index is 11.3. The molecule has 0 spiro atoms. The van der Waals surface area contributed by atoms with Crippen LogP contribution in [-0.4, -0.2) is 37.4 Å². The molecule has 0 unspecified atom stereocenters. The molecule has 0 fully saturated rings. The summed E-state index contributed by atoms with van der Waals surface area (Å²) in [4.78, 5) is 13.3. The highest BCUT2D eigenvalue weighted by Gasteiger charge is 2.18. The molecule has 1 aromatic carbocycles. The molecule has 0 aliphatic heterocycles. The number of hydrogen-bond acceptors (Lipinski definition) is 3. The first-order chi connectivity index (χ1) is 8.47. The third kappa shape index (κ3) is 3.47. The molecule has 0 aliphatic carbocycles. The van der Waals surface area contributed by atoms with Gasteiger partial charge in [0.1, 0.15) is 0 Å². The lowest BCUT2D eigenvalue weighted by Gasteiger charge is -2.30. The molecule has 0 atom stereocenters. The molecule has 0 heterocycles. The summed E-state index contributed by atoms with van der Waals surface area (Å²) < 4.78 is 5.09. The van der Waals surface area contributed by atoms with Crippen LogP contribution in [0.15, 0.2) is 18.2 Å². The van der Waals surface area contributed by atoms with Gasteiger partial charge in [-0.2, -0.15) is 0 Å². The number of carboxylic acid groups (broad SMARTS) is 1. The lowest BCUT2D eigenvalue weighted by molar-refractivity contribution is 0.0697. The van der Waals surface area contributed by atoms with E-state index >= 15 is 0 Å².